The van der Waals surface area contributed by atoms with E-state index < -0.39 is 0 Å². The summed E-state index contributed by atoms with van der Waals surface area (Å²) in [5.41, 5.74) is 2.28. The predicted molar refractivity (Wildman–Crippen MR) is 80.9 cm³/mol. The molecule has 1 nitrogen and oxygen atoms in total. The maximum Gasteiger partial charge on any atom is 0.123 e. The Bertz CT molecular complexity index is 362. The van der Waals surface area contributed by atoms with Crippen molar-refractivity contribution in [2.45, 2.75) is 64.8 Å². The van der Waals surface area contributed by atoms with Crippen molar-refractivity contribution in [1.29, 1.82) is 0 Å². The van der Waals surface area contributed by atoms with Gasteiger partial charge in [-0.2, -0.15) is 0 Å². The number of benzene rings is 1. The van der Waals surface area contributed by atoms with Gasteiger partial charge in [0, 0.05) is 6.04 Å². The zero-order valence-corrected chi connectivity index (χ0v) is 12.6. The molecule has 1 unspecified atom stereocenters. The summed E-state index contributed by atoms with van der Waals surface area (Å²) in [6.07, 6.45) is 8.90. The fourth-order valence-electron chi connectivity index (χ4n) is 2.57. The van der Waals surface area contributed by atoms with Gasteiger partial charge in [0.25, 0.3) is 0 Å². The lowest BCUT2D eigenvalue weighted by Crippen LogP contribution is -2.17. The summed E-state index contributed by atoms with van der Waals surface area (Å²) in [6.45, 7) is 4.30. The standard InChI is InChI=1S/C17H28FN/c1-4-5-6-7-8-9-10-17(19-3)16-13-15(18)12-11-14(16)2/h11-13,17,19H,4-10H2,1-3H3. The van der Waals surface area contributed by atoms with Crippen LogP contribution >= 0.6 is 0 Å². The molecule has 0 spiro atoms. The minimum atomic E-state index is -0.135. The molecule has 0 saturated heterocycles. The van der Waals surface area contributed by atoms with E-state index in [2.05, 4.69) is 19.2 Å². The summed E-state index contributed by atoms with van der Waals surface area (Å²) < 4.78 is 13.3. The van der Waals surface area contributed by atoms with E-state index in [1.54, 1.807) is 6.07 Å². The first-order valence-electron chi connectivity index (χ1n) is 7.62. The van der Waals surface area contributed by atoms with E-state index in [1.807, 2.05) is 13.1 Å². The topological polar surface area (TPSA) is 12.0 Å². The number of rotatable bonds is 9. The summed E-state index contributed by atoms with van der Waals surface area (Å²) >= 11 is 0. The van der Waals surface area contributed by atoms with Gasteiger partial charge < -0.3 is 5.32 Å². The van der Waals surface area contributed by atoms with Crippen LogP contribution in [-0.4, -0.2) is 7.05 Å². The molecule has 1 atom stereocenters. The molecule has 0 aliphatic heterocycles. The molecule has 1 N–H and O–H groups in total. The van der Waals surface area contributed by atoms with E-state index in [0.29, 0.717) is 0 Å². The molecule has 1 aromatic rings. The number of aryl methyl sites for hydroxylation is 1. The van der Waals surface area contributed by atoms with E-state index in [9.17, 15) is 4.39 Å². The highest BCUT2D eigenvalue weighted by atomic mass is 19.1. The SMILES string of the molecule is CCCCCCCCC(NC)c1cc(F)ccc1C. The first-order valence-corrected chi connectivity index (χ1v) is 7.62. The van der Waals surface area contributed by atoms with E-state index in [1.165, 1.54) is 50.2 Å². The van der Waals surface area contributed by atoms with Gasteiger partial charge in [-0.05, 0) is 43.7 Å². The second-order valence-electron chi connectivity index (χ2n) is 5.40. The molecule has 1 aromatic carbocycles. The monoisotopic (exact) mass is 265 g/mol. The van der Waals surface area contributed by atoms with Crippen LogP contribution in [0.4, 0.5) is 4.39 Å². The highest BCUT2D eigenvalue weighted by Gasteiger charge is 2.12. The Morgan fingerprint density at radius 1 is 1.11 bits per heavy atom. The van der Waals surface area contributed by atoms with Gasteiger partial charge >= 0.3 is 0 Å². The molecule has 108 valence electrons. The predicted octanol–water partition coefficient (Wildman–Crippen LogP) is 5.15. The molecule has 0 heterocycles. The van der Waals surface area contributed by atoms with Crippen LogP contribution in [0.25, 0.3) is 0 Å². The fourth-order valence-corrected chi connectivity index (χ4v) is 2.57. The first-order chi connectivity index (χ1) is 9.19. The average Bonchev–Trinajstić information content (AvgIpc) is 2.41. The molecular formula is C17H28FN. The minimum Gasteiger partial charge on any atom is -0.313 e. The van der Waals surface area contributed by atoms with Crippen molar-refractivity contribution in [3.05, 3.63) is 35.1 Å². The molecular weight excluding hydrogens is 237 g/mol. The maximum atomic E-state index is 13.3. The maximum absolute atomic E-state index is 13.3. The third kappa shape index (κ3) is 5.73. The van der Waals surface area contributed by atoms with Crippen molar-refractivity contribution in [2.24, 2.45) is 0 Å². The van der Waals surface area contributed by atoms with Crippen LogP contribution in [0.2, 0.25) is 0 Å². The van der Waals surface area contributed by atoms with Crippen LogP contribution in [0.3, 0.4) is 0 Å². The molecule has 2 heteroatoms. The Balaban J connectivity index is 2.42. The van der Waals surface area contributed by atoms with Gasteiger partial charge in [-0.25, -0.2) is 4.39 Å². The van der Waals surface area contributed by atoms with Gasteiger partial charge in [-0.15, -0.1) is 0 Å². The zero-order valence-electron chi connectivity index (χ0n) is 12.6. The van der Waals surface area contributed by atoms with E-state index >= 15 is 0 Å². The number of hydrogen-bond acceptors (Lipinski definition) is 1. The fraction of sp³-hybridized carbons (Fsp3) is 0.647. The van der Waals surface area contributed by atoms with E-state index in [0.717, 1.165) is 12.0 Å². The van der Waals surface area contributed by atoms with Gasteiger partial charge in [0.1, 0.15) is 5.82 Å². The highest BCUT2D eigenvalue weighted by Crippen LogP contribution is 2.24. The third-order valence-corrected chi connectivity index (χ3v) is 3.81. The molecule has 0 bridgehead atoms. The first kappa shape index (κ1) is 16.2. The number of hydrogen-bond donors (Lipinski definition) is 1. The quantitative estimate of drug-likeness (QED) is 0.609. The van der Waals surface area contributed by atoms with Crippen LogP contribution in [0.1, 0.15) is 69.0 Å². The average molecular weight is 265 g/mol. The Kier molecular flexibility index (Phi) is 7.73. The van der Waals surface area contributed by atoms with Gasteiger partial charge in [0.05, 0.1) is 0 Å². The molecule has 0 aromatic heterocycles. The van der Waals surface area contributed by atoms with E-state index in [-0.39, 0.29) is 11.9 Å². The van der Waals surface area contributed by atoms with E-state index in [4.69, 9.17) is 0 Å². The Morgan fingerprint density at radius 3 is 2.47 bits per heavy atom. The molecule has 0 radical (unpaired) electrons. The van der Waals surface area contributed by atoms with Crippen molar-refractivity contribution in [3.8, 4) is 0 Å². The molecule has 19 heavy (non-hydrogen) atoms. The van der Waals surface area contributed by atoms with Crippen LogP contribution in [-0.2, 0) is 0 Å². The zero-order chi connectivity index (χ0) is 14.1. The van der Waals surface area contributed by atoms with Crippen LogP contribution in [0, 0.1) is 12.7 Å². The molecule has 1 rings (SSSR count). The summed E-state index contributed by atoms with van der Waals surface area (Å²) in [4.78, 5) is 0. The number of halogens is 1. The summed E-state index contributed by atoms with van der Waals surface area (Å²) in [6, 6.07) is 5.36. The van der Waals surface area contributed by atoms with Crippen molar-refractivity contribution in [3.63, 3.8) is 0 Å². The minimum absolute atomic E-state index is 0.135. The largest absolute Gasteiger partial charge is 0.313 e. The number of nitrogens with one attached hydrogen (secondary N) is 1. The molecule has 0 aliphatic carbocycles. The van der Waals surface area contributed by atoms with Crippen LogP contribution < -0.4 is 5.32 Å². The van der Waals surface area contributed by atoms with Crippen LogP contribution in [0.15, 0.2) is 18.2 Å². The molecule has 0 fully saturated rings. The van der Waals surface area contributed by atoms with Gasteiger partial charge in [0.15, 0.2) is 0 Å². The molecule has 0 saturated carbocycles. The lowest BCUT2D eigenvalue weighted by Gasteiger charge is -2.19. The highest BCUT2D eigenvalue weighted by molar-refractivity contribution is 5.29. The number of unbranched alkanes of at least 4 members (excludes halogenated alkanes) is 5. The summed E-state index contributed by atoms with van der Waals surface area (Å²) in [5, 5.41) is 3.32. The smallest absolute Gasteiger partial charge is 0.123 e. The van der Waals surface area contributed by atoms with Gasteiger partial charge in [-0.3, -0.25) is 0 Å². The van der Waals surface area contributed by atoms with Gasteiger partial charge in [-0.1, -0.05) is 51.5 Å². The lowest BCUT2D eigenvalue weighted by atomic mass is 9.96. The lowest BCUT2D eigenvalue weighted by molar-refractivity contribution is 0.493. The molecule has 0 aliphatic rings. The van der Waals surface area contributed by atoms with Gasteiger partial charge in [0.2, 0.25) is 0 Å². The second-order valence-corrected chi connectivity index (χ2v) is 5.40. The normalized spacial score (nSPS) is 12.6. The van der Waals surface area contributed by atoms with Crippen molar-refractivity contribution in [2.75, 3.05) is 7.05 Å². The Hall–Kier alpha value is -0.890. The van der Waals surface area contributed by atoms with Crippen molar-refractivity contribution < 1.29 is 4.39 Å². The van der Waals surface area contributed by atoms with Crippen LogP contribution in [0.5, 0.6) is 0 Å². The summed E-state index contributed by atoms with van der Waals surface area (Å²) in [7, 11) is 1.96. The molecule has 0 amide bonds. The van der Waals surface area contributed by atoms with Crippen molar-refractivity contribution in [1.82, 2.24) is 5.32 Å². The van der Waals surface area contributed by atoms with Crippen molar-refractivity contribution >= 4 is 0 Å². The Morgan fingerprint density at radius 2 is 1.79 bits per heavy atom. The second kappa shape index (κ2) is 9.08. The third-order valence-electron chi connectivity index (χ3n) is 3.81. The summed E-state index contributed by atoms with van der Waals surface area (Å²) in [5.74, 6) is -0.135. The Labute approximate surface area is 117 Å².